The Bertz CT molecular complexity index is 902. The Kier molecular flexibility index (Phi) is 31.4. The van der Waals surface area contributed by atoms with E-state index in [1.165, 1.54) is 6.42 Å². The molecule has 0 aromatic rings. The molecule has 266 valence electrons. The zero-order chi connectivity index (χ0) is 34.0. The minimum Gasteiger partial charge on any atom is -0.462 e. The van der Waals surface area contributed by atoms with Crippen LogP contribution in [0.2, 0.25) is 0 Å². The Hall–Kier alpha value is -2.03. The molecular formula is C36H64NO8P. The molecule has 2 unspecified atom stereocenters. The largest absolute Gasteiger partial charge is 0.472 e. The molecule has 0 bridgehead atoms. The van der Waals surface area contributed by atoms with Crippen molar-refractivity contribution in [1.29, 1.82) is 0 Å². The van der Waals surface area contributed by atoms with Gasteiger partial charge >= 0.3 is 19.8 Å². The number of phosphoric ester groups is 1. The Morgan fingerprint density at radius 2 is 1.20 bits per heavy atom. The second-order valence-electron chi connectivity index (χ2n) is 11.3. The van der Waals surface area contributed by atoms with Crippen molar-refractivity contribution in [3.63, 3.8) is 0 Å². The van der Waals surface area contributed by atoms with Gasteiger partial charge < -0.3 is 20.1 Å². The van der Waals surface area contributed by atoms with Crippen LogP contribution in [-0.2, 0) is 32.7 Å². The summed E-state index contributed by atoms with van der Waals surface area (Å²) in [7, 11) is -4.37. The predicted octanol–water partition coefficient (Wildman–Crippen LogP) is 9.21. The van der Waals surface area contributed by atoms with Crippen LogP contribution < -0.4 is 5.73 Å². The van der Waals surface area contributed by atoms with Crippen molar-refractivity contribution >= 4 is 19.8 Å². The van der Waals surface area contributed by atoms with Gasteiger partial charge in [-0.3, -0.25) is 18.6 Å². The SMILES string of the molecule is CC/C=C\C/C=C\C/C=C\CCCCCCCC(=O)OC(COC(=O)CCCCCCC/C=C\CCC)COP(=O)(O)OCCN. The van der Waals surface area contributed by atoms with E-state index in [0.717, 1.165) is 96.3 Å². The summed E-state index contributed by atoms with van der Waals surface area (Å²) in [6.45, 7) is 3.49. The fourth-order valence-electron chi connectivity index (χ4n) is 4.35. The van der Waals surface area contributed by atoms with Crippen LogP contribution in [0.4, 0.5) is 0 Å². The smallest absolute Gasteiger partial charge is 0.462 e. The molecule has 0 heterocycles. The van der Waals surface area contributed by atoms with Crippen LogP contribution in [-0.4, -0.2) is 49.3 Å². The Morgan fingerprint density at radius 3 is 1.80 bits per heavy atom. The quantitative estimate of drug-likeness (QED) is 0.0311. The van der Waals surface area contributed by atoms with Gasteiger partial charge in [0.15, 0.2) is 6.10 Å². The lowest BCUT2D eigenvalue weighted by Crippen LogP contribution is -2.29. The van der Waals surface area contributed by atoms with E-state index >= 15 is 0 Å². The first-order chi connectivity index (χ1) is 22.3. The fraction of sp³-hybridized carbons (Fsp3) is 0.722. The highest BCUT2D eigenvalue weighted by atomic mass is 31.2. The average molecular weight is 670 g/mol. The number of hydrogen-bond acceptors (Lipinski definition) is 8. The van der Waals surface area contributed by atoms with Crippen molar-refractivity contribution in [3.05, 3.63) is 48.6 Å². The van der Waals surface area contributed by atoms with Gasteiger partial charge in [0.25, 0.3) is 0 Å². The molecule has 0 aromatic carbocycles. The van der Waals surface area contributed by atoms with Gasteiger partial charge in [0.05, 0.1) is 13.2 Å². The maximum Gasteiger partial charge on any atom is 0.472 e. The van der Waals surface area contributed by atoms with Crippen molar-refractivity contribution in [2.45, 2.75) is 142 Å². The molecule has 0 amide bonds. The second-order valence-corrected chi connectivity index (χ2v) is 12.8. The zero-order valence-electron chi connectivity index (χ0n) is 28.8. The van der Waals surface area contributed by atoms with Crippen molar-refractivity contribution in [3.8, 4) is 0 Å². The number of nitrogens with two attached hydrogens (primary N) is 1. The summed E-state index contributed by atoms with van der Waals surface area (Å²) in [6.07, 6.45) is 34.3. The van der Waals surface area contributed by atoms with E-state index in [9.17, 15) is 19.0 Å². The number of allylic oxidation sites excluding steroid dienone is 8. The van der Waals surface area contributed by atoms with E-state index in [1.54, 1.807) is 0 Å². The molecule has 10 heteroatoms. The van der Waals surface area contributed by atoms with E-state index in [-0.39, 0.29) is 32.6 Å². The van der Waals surface area contributed by atoms with Gasteiger partial charge in [-0.05, 0) is 64.2 Å². The normalized spacial score (nSPS) is 14.1. The van der Waals surface area contributed by atoms with Gasteiger partial charge in [-0.15, -0.1) is 0 Å². The monoisotopic (exact) mass is 669 g/mol. The highest BCUT2D eigenvalue weighted by Gasteiger charge is 2.25. The maximum atomic E-state index is 12.5. The third-order valence-electron chi connectivity index (χ3n) is 6.93. The van der Waals surface area contributed by atoms with E-state index in [1.807, 2.05) is 0 Å². The molecular weight excluding hydrogens is 605 g/mol. The van der Waals surface area contributed by atoms with Gasteiger partial charge in [0.2, 0.25) is 0 Å². The van der Waals surface area contributed by atoms with E-state index in [2.05, 4.69) is 62.5 Å². The highest BCUT2D eigenvalue weighted by molar-refractivity contribution is 7.47. The first-order valence-corrected chi connectivity index (χ1v) is 19.1. The number of hydrogen-bond donors (Lipinski definition) is 2. The minimum atomic E-state index is -4.37. The maximum absolute atomic E-state index is 12.5. The summed E-state index contributed by atoms with van der Waals surface area (Å²) in [5, 5.41) is 0. The number of ether oxygens (including phenoxy) is 2. The molecule has 0 spiro atoms. The van der Waals surface area contributed by atoms with Gasteiger partial charge in [-0.25, -0.2) is 4.57 Å². The summed E-state index contributed by atoms with van der Waals surface area (Å²) in [4.78, 5) is 34.6. The molecule has 0 fully saturated rings. The topological polar surface area (TPSA) is 134 Å². The van der Waals surface area contributed by atoms with Crippen LogP contribution in [0.25, 0.3) is 0 Å². The molecule has 0 saturated carbocycles. The first kappa shape index (κ1) is 44.0. The van der Waals surface area contributed by atoms with Crippen LogP contribution in [0.3, 0.4) is 0 Å². The first-order valence-electron chi connectivity index (χ1n) is 17.6. The minimum absolute atomic E-state index is 0.0473. The van der Waals surface area contributed by atoms with Crippen LogP contribution in [0.5, 0.6) is 0 Å². The van der Waals surface area contributed by atoms with Crippen molar-refractivity contribution in [2.75, 3.05) is 26.4 Å². The number of rotatable bonds is 32. The summed E-state index contributed by atoms with van der Waals surface area (Å²) >= 11 is 0. The summed E-state index contributed by atoms with van der Waals surface area (Å²) in [5.74, 6) is -0.868. The fourth-order valence-corrected chi connectivity index (χ4v) is 5.12. The predicted molar refractivity (Wildman–Crippen MR) is 187 cm³/mol. The Morgan fingerprint density at radius 1 is 0.674 bits per heavy atom. The average Bonchev–Trinajstić information content (AvgIpc) is 3.04. The third-order valence-corrected chi connectivity index (χ3v) is 7.91. The lowest BCUT2D eigenvalue weighted by Gasteiger charge is -2.19. The van der Waals surface area contributed by atoms with Crippen LogP contribution >= 0.6 is 7.82 Å². The number of unbranched alkanes of at least 4 members (excludes halogenated alkanes) is 11. The summed E-state index contributed by atoms with van der Waals surface area (Å²) < 4.78 is 32.5. The van der Waals surface area contributed by atoms with Crippen molar-refractivity contribution in [1.82, 2.24) is 0 Å². The van der Waals surface area contributed by atoms with Gasteiger partial charge in [0.1, 0.15) is 6.61 Å². The molecule has 0 aromatic heterocycles. The molecule has 2 atom stereocenters. The van der Waals surface area contributed by atoms with E-state index in [4.69, 9.17) is 24.3 Å². The molecule has 46 heavy (non-hydrogen) atoms. The van der Waals surface area contributed by atoms with Gasteiger partial charge in [0, 0.05) is 19.4 Å². The molecule has 0 aliphatic heterocycles. The van der Waals surface area contributed by atoms with Crippen LogP contribution in [0.1, 0.15) is 136 Å². The molecule has 3 N–H and O–H groups in total. The van der Waals surface area contributed by atoms with Gasteiger partial charge in [-0.1, -0.05) is 107 Å². The molecule has 0 radical (unpaired) electrons. The number of esters is 2. The number of carbonyl (C=O) groups excluding carboxylic acids is 2. The molecule has 9 nitrogen and oxygen atoms in total. The van der Waals surface area contributed by atoms with E-state index in [0.29, 0.717) is 6.42 Å². The van der Waals surface area contributed by atoms with Crippen molar-refractivity contribution in [2.24, 2.45) is 5.73 Å². The second kappa shape index (κ2) is 32.9. The van der Waals surface area contributed by atoms with Crippen molar-refractivity contribution < 1.29 is 37.6 Å². The number of carbonyl (C=O) groups is 2. The zero-order valence-corrected chi connectivity index (χ0v) is 29.7. The third kappa shape index (κ3) is 31.9. The standard InChI is InChI=1S/C36H64NO8P/c1-3-5-7-9-11-13-15-16-17-18-19-21-23-25-27-29-36(39)45-34(33-44-46(40,41)43-31-30-37)32-42-35(38)28-26-24-22-20-14-12-10-8-6-4-2/h5,7-8,10-11,13,16-17,34H,3-4,6,9,12,14-15,18-33,37H2,1-2H3,(H,40,41)/b7-5-,10-8-,13-11-,17-16-. The summed E-state index contributed by atoms with van der Waals surface area (Å²) in [6, 6.07) is 0. The Labute approximate surface area is 279 Å². The molecule has 0 aliphatic carbocycles. The van der Waals surface area contributed by atoms with Gasteiger partial charge in [-0.2, -0.15) is 0 Å². The lowest BCUT2D eigenvalue weighted by atomic mass is 10.1. The van der Waals surface area contributed by atoms with Crippen LogP contribution in [0.15, 0.2) is 48.6 Å². The Balaban J connectivity index is 4.31. The van der Waals surface area contributed by atoms with E-state index < -0.39 is 32.5 Å². The lowest BCUT2D eigenvalue weighted by molar-refractivity contribution is -0.161. The summed E-state index contributed by atoms with van der Waals surface area (Å²) in [5.41, 5.74) is 5.32. The molecule has 0 rings (SSSR count). The van der Waals surface area contributed by atoms with Crippen LogP contribution in [0, 0.1) is 0 Å². The number of phosphoric acid groups is 1. The molecule has 0 saturated heterocycles. The molecule has 0 aliphatic rings. The highest BCUT2D eigenvalue weighted by Crippen LogP contribution is 2.43.